The highest BCUT2D eigenvalue weighted by molar-refractivity contribution is 7.14. The molecule has 0 aliphatic heterocycles. The van der Waals surface area contributed by atoms with Crippen LogP contribution in [0.15, 0.2) is 53.9 Å². The maximum Gasteiger partial charge on any atom is 0.233 e. The summed E-state index contributed by atoms with van der Waals surface area (Å²) in [5.74, 6) is -0.0954. The molecule has 1 aliphatic carbocycles. The Kier molecular flexibility index (Phi) is 6.23. The number of amides is 2. The summed E-state index contributed by atoms with van der Waals surface area (Å²) in [6.45, 7) is 2.15. The zero-order valence-electron chi connectivity index (χ0n) is 17.0. The first kappa shape index (κ1) is 20.3. The van der Waals surface area contributed by atoms with Crippen molar-refractivity contribution in [2.75, 3.05) is 11.9 Å². The molecule has 0 saturated carbocycles. The van der Waals surface area contributed by atoms with Crippen LogP contribution in [0, 0.1) is 0 Å². The second kappa shape index (κ2) is 9.22. The number of carbonyl (C=O) groups is 2. The molecule has 2 aromatic carbocycles. The summed E-state index contributed by atoms with van der Waals surface area (Å²) in [5, 5.41) is 8.43. The lowest BCUT2D eigenvalue weighted by atomic mass is 9.82. The molecule has 0 saturated heterocycles. The van der Waals surface area contributed by atoms with Crippen LogP contribution in [0.5, 0.6) is 0 Å². The highest BCUT2D eigenvalue weighted by Crippen LogP contribution is 2.33. The van der Waals surface area contributed by atoms with Gasteiger partial charge in [0.25, 0.3) is 0 Å². The summed E-state index contributed by atoms with van der Waals surface area (Å²) >= 11 is 1.45. The molecule has 3 aromatic rings. The standard InChI is InChI=1S/C24H25N3O2S/c1-16(28)25-14-13-17-9-11-19(12-10-17)22-15-30-24(26-22)27-23(29)21-8-4-6-18-5-2-3-7-20(18)21/h2-3,5,7,9-12,15,21H,4,6,8,13-14H2,1H3,(H,25,28)(H,26,27,29)/t21-/m0/s1. The molecule has 0 bridgehead atoms. The van der Waals surface area contributed by atoms with E-state index in [4.69, 9.17) is 0 Å². The Labute approximate surface area is 180 Å². The molecule has 1 aliphatic rings. The number of fused-ring (bicyclic) bond motifs is 1. The van der Waals surface area contributed by atoms with Crippen molar-refractivity contribution >= 4 is 28.3 Å². The van der Waals surface area contributed by atoms with Crippen molar-refractivity contribution in [2.45, 2.75) is 38.5 Å². The van der Waals surface area contributed by atoms with E-state index in [2.05, 4.69) is 27.8 Å². The highest BCUT2D eigenvalue weighted by Gasteiger charge is 2.26. The van der Waals surface area contributed by atoms with Gasteiger partial charge >= 0.3 is 0 Å². The third-order valence-electron chi connectivity index (χ3n) is 5.46. The van der Waals surface area contributed by atoms with Crippen LogP contribution in [0.2, 0.25) is 0 Å². The Morgan fingerprint density at radius 3 is 2.73 bits per heavy atom. The van der Waals surface area contributed by atoms with Gasteiger partial charge in [-0.2, -0.15) is 0 Å². The van der Waals surface area contributed by atoms with E-state index in [0.29, 0.717) is 11.7 Å². The first-order valence-electron chi connectivity index (χ1n) is 10.3. The number of aryl methyl sites for hydroxylation is 1. The molecule has 0 radical (unpaired) electrons. The predicted molar refractivity (Wildman–Crippen MR) is 121 cm³/mol. The van der Waals surface area contributed by atoms with E-state index >= 15 is 0 Å². The molecule has 0 unspecified atom stereocenters. The zero-order valence-corrected chi connectivity index (χ0v) is 17.8. The normalized spacial score (nSPS) is 15.3. The number of aromatic nitrogens is 1. The Balaban J connectivity index is 1.40. The van der Waals surface area contributed by atoms with Gasteiger partial charge in [0.15, 0.2) is 5.13 Å². The second-order valence-corrected chi connectivity index (χ2v) is 8.46. The van der Waals surface area contributed by atoms with Gasteiger partial charge in [-0.3, -0.25) is 9.59 Å². The number of carbonyl (C=O) groups excluding carboxylic acids is 2. The molecule has 154 valence electrons. The van der Waals surface area contributed by atoms with Crippen LogP contribution in [0.25, 0.3) is 11.3 Å². The lowest BCUT2D eigenvalue weighted by molar-refractivity contribution is -0.119. The molecule has 1 heterocycles. The van der Waals surface area contributed by atoms with Gasteiger partial charge in [0, 0.05) is 24.4 Å². The molecule has 1 aromatic heterocycles. The van der Waals surface area contributed by atoms with E-state index in [1.165, 1.54) is 23.8 Å². The number of hydrogen-bond donors (Lipinski definition) is 2. The van der Waals surface area contributed by atoms with Gasteiger partial charge in [0.1, 0.15) is 0 Å². The van der Waals surface area contributed by atoms with Crippen LogP contribution in [0.3, 0.4) is 0 Å². The first-order chi connectivity index (χ1) is 14.6. The molecular weight excluding hydrogens is 394 g/mol. The molecule has 30 heavy (non-hydrogen) atoms. The maximum atomic E-state index is 12.9. The van der Waals surface area contributed by atoms with Crippen molar-refractivity contribution < 1.29 is 9.59 Å². The lowest BCUT2D eigenvalue weighted by Crippen LogP contribution is -2.24. The smallest absolute Gasteiger partial charge is 0.233 e. The van der Waals surface area contributed by atoms with Gasteiger partial charge in [0.05, 0.1) is 11.6 Å². The first-order valence-corrected chi connectivity index (χ1v) is 11.2. The Hall–Kier alpha value is -2.99. The summed E-state index contributed by atoms with van der Waals surface area (Å²) in [4.78, 5) is 28.5. The van der Waals surface area contributed by atoms with E-state index in [9.17, 15) is 9.59 Å². The molecule has 4 rings (SSSR count). The minimum atomic E-state index is -0.106. The minimum Gasteiger partial charge on any atom is -0.356 e. The fourth-order valence-corrected chi connectivity index (χ4v) is 4.63. The summed E-state index contributed by atoms with van der Waals surface area (Å²) in [7, 11) is 0. The molecular formula is C24H25N3O2S. The van der Waals surface area contributed by atoms with Crippen LogP contribution in [-0.2, 0) is 22.4 Å². The van der Waals surface area contributed by atoms with E-state index in [-0.39, 0.29) is 17.7 Å². The summed E-state index contributed by atoms with van der Waals surface area (Å²) in [6.07, 6.45) is 3.75. The summed E-state index contributed by atoms with van der Waals surface area (Å²) < 4.78 is 0. The molecule has 0 spiro atoms. The molecule has 2 N–H and O–H groups in total. The summed E-state index contributed by atoms with van der Waals surface area (Å²) in [6, 6.07) is 16.4. The van der Waals surface area contributed by atoms with E-state index in [1.54, 1.807) is 0 Å². The SMILES string of the molecule is CC(=O)NCCc1ccc(-c2csc(NC(=O)[C@H]3CCCc4ccccc43)n2)cc1. The average molecular weight is 420 g/mol. The van der Waals surface area contributed by atoms with Crippen molar-refractivity contribution in [3.8, 4) is 11.3 Å². The maximum absolute atomic E-state index is 12.9. The van der Waals surface area contributed by atoms with Crippen molar-refractivity contribution in [1.29, 1.82) is 0 Å². The Bertz CT molecular complexity index is 1040. The van der Waals surface area contributed by atoms with Gasteiger partial charge in [-0.15, -0.1) is 11.3 Å². The molecule has 2 amide bonds. The largest absolute Gasteiger partial charge is 0.356 e. The minimum absolute atomic E-state index is 0.0135. The quantitative estimate of drug-likeness (QED) is 0.616. The Morgan fingerprint density at radius 1 is 1.13 bits per heavy atom. The number of nitrogens with one attached hydrogen (secondary N) is 2. The lowest BCUT2D eigenvalue weighted by Gasteiger charge is -2.24. The summed E-state index contributed by atoms with van der Waals surface area (Å²) in [5.41, 5.74) is 5.45. The number of anilines is 1. The van der Waals surface area contributed by atoms with Gasteiger partial charge in [-0.05, 0) is 42.4 Å². The highest BCUT2D eigenvalue weighted by atomic mass is 32.1. The fourth-order valence-electron chi connectivity index (χ4n) is 3.91. The van der Waals surface area contributed by atoms with Gasteiger partial charge in [-0.1, -0.05) is 48.5 Å². The van der Waals surface area contributed by atoms with Crippen LogP contribution in [0.1, 0.15) is 42.4 Å². The van der Waals surface area contributed by atoms with Crippen LogP contribution < -0.4 is 10.6 Å². The monoisotopic (exact) mass is 419 g/mol. The van der Waals surface area contributed by atoms with E-state index < -0.39 is 0 Å². The topological polar surface area (TPSA) is 71.1 Å². The van der Waals surface area contributed by atoms with Crippen LogP contribution in [-0.4, -0.2) is 23.3 Å². The third-order valence-corrected chi connectivity index (χ3v) is 6.22. The van der Waals surface area contributed by atoms with Crippen molar-refractivity contribution in [3.63, 3.8) is 0 Å². The Morgan fingerprint density at radius 2 is 1.93 bits per heavy atom. The van der Waals surface area contributed by atoms with E-state index in [0.717, 1.165) is 48.1 Å². The van der Waals surface area contributed by atoms with Crippen LogP contribution in [0.4, 0.5) is 5.13 Å². The number of rotatable bonds is 6. The van der Waals surface area contributed by atoms with Crippen molar-refractivity contribution in [2.24, 2.45) is 0 Å². The predicted octanol–water partition coefficient (Wildman–Crippen LogP) is 4.55. The van der Waals surface area contributed by atoms with Crippen molar-refractivity contribution in [3.05, 3.63) is 70.6 Å². The van der Waals surface area contributed by atoms with Crippen LogP contribution >= 0.6 is 11.3 Å². The molecule has 6 heteroatoms. The average Bonchev–Trinajstić information content (AvgIpc) is 3.22. The van der Waals surface area contributed by atoms with Gasteiger partial charge < -0.3 is 10.6 Å². The van der Waals surface area contributed by atoms with E-state index in [1.807, 2.05) is 41.8 Å². The number of benzene rings is 2. The third kappa shape index (κ3) is 4.76. The molecule has 5 nitrogen and oxygen atoms in total. The van der Waals surface area contributed by atoms with Gasteiger partial charge in [-0.25, -0.2) is 4.98 Å². The van der Waals surface area contributed by atoms with Crippen molar-refractivity contribution in [1.82, 2.24) is 10.3 Å². The number of nitrogens with zero attached hydrogens (tertiary/aromatic N) is 1. The number of hydrogen-bond acceptors (Lipinski definition) is 4. The second-order valence-electron chi connectivity index (χ2n) is 7.60. The zero-order chi connectivity index (χ0) is 20.9. The fraction of sp³-hybridized carbons (Fsp3) is 0.292. The molecule has 1 atom stereocenters. The molecule has 0 fully saturated rings. The van der Waals surface area contributed by atoms with Gasteiger partial charge in [0.2, 0.25) is 11.8 Å². The number of thiazole rings is 1.